The van der Waals surface area contributed by atoms with E-state index in [1.807, 2.05) is 65.4 Å². The van der Waals surface area contributed by atoms with E-state index < -0.39 is 0 Å². The van der Waals surface area contributed by atoms with E-state index in [4.69, 9.17) is 0 Å². The molecule has 0 saturated heterocycles. The van der Waals surface area contributed by atoms with Crippen molar-refractivity contribution in [2.75, 3.05) is 11.1 Å². The van der Waals surface area contributed by atoms with Gasteiger partial charge in [-0.2, -0.15) is 0 Å². The predicted octanol–water partition coefficient (Wildman–Crippen LogP) is 3.72. The Bertz CT molecular complexity index is 876. The number of thioether (sulfide) groups is 1. The van der Waals surface area contributed by atoms with Crippen molar-refractivity contribution in [3.05, 3.63) is 77.6 Å². The standard InChI is InChI=1S/C21H23N3O2S/c1-2-16-8-10-18(11-9-16)22-20(26)15-27-21-23-19(14-25)13-24(21)12-17-6-4-3-5-7-17/h3-11,13,25H,2,12,14-15H2,1H3,(H,22,26). The van der Waals surface area contributed by atoms with Crippen LogP contribution in [0.5, 0.6) is 0 Å². The molecule has 3 rings (SSSR count). The molecule has 0 saturated carbocycles. The minimum atomic E-state index is -0.120. The number of aliphatic hydroxyl groups excluding tert-OH is 1. The molecule has 0 bridgehead atoms. The molecule has 5 nitrogen and oxygen atoms in total. The molecule has 0 aliphatic rings. The van der Waals surface area contributed by atoms with Crippen molar-refractivity contribution in [2.24, 2.45) is 0 Å². The van der Waals surface area contributed by atoms with Crippen molar-refractivity contribution >= 4 is 23.4 Å². The number of benzene rings is 2. The Balaban J connectivity index is 1.62. The number of hydrogen-bond acceptors (Lipinski definition) is 4. The van der Waals surface area contributed by atoms with Gasteiger partial charge in [0.1, 0.15) is 0 Å². The highest BCUT2D eigenvalue weighted by Gasteiger charge is 2.11. The number of nitrogens with zero attached hydrogens (tertiary/aromatic N) is 2. The summed E-state index contributed by atoms with van der Waals surface area (Å²) in [4.78, 5) is 16.7. The normalized spacial score (nSPS) is 10.7. The molecule has 140 valence electrons. The molecule has 0 spiro atoms. The first-order valence-electron chi connectivity index (χ1n) is 8.90. The summed E-state index contributed by atoms with van der Waals surface area (Å²) in [6.45, 7) is 2.63. The van der Waals surface area contributed by atoms with Gasteiger partial charge in [-0.1, -0.05) is 61.2 Å². The summed E-state index contributed by atoms with van der Waals surface area (Å²) >= 11 is 1.37. The van der Waals surface area contributed by atoms with Gasteiger partial charge in [0.2, 0.25) is 5.91 Å². The van der Waals surface area contributed by atoms with Crippen LogP contribution in [-0.2, 0) is 24.4 Å². The Morgan fingerprint density at radius 3 is 2.52 bits per heavy atom. The number of carbonyl (C=O) groups is 1. The molecule has 1 amide bonds. The average molecular weight is 382 g/mol. The van der Waals surface area contributed by atoms with Crippen molar-refractivity contribution < 1.29 is 9.90 Å². The van der Waals surface area contributed by atoms with E-state index in [-0.39, 0.29) is 18.3 Å². The topological polar surface area (TPSA) is 67.2 Å². The van der Waals surface area contributed by atoms with Gasteiger partial charge in [0.05, 0.1) is 18.1 Å². The van der Waals surface area contributed by atoms with Gasteiger partial charge >= 0.3 is 0 Å². The second kappa shape index (κ2) is 9.39. The number of hydrogen-bond donors (Lipinski definition) is 2. The maximum absolute atomic E-state index is 12.3. The minimum absolute atomic E-state index is 0.0796. The smallest absolute Gasteiger partial charge is 0.234 e. The monoisotopic (exact) mass is 381 g/mol. The average Bonchev–Trinajstić information content (AvgIpc) is 3.09. The van der Waals surface area contributed by atoms with E-state index in [0.717, 1.165) is 22.8 Å². The zero-order valence-corrected chi connectivity index (χ0v) is 16.1. The molecule has 3 aromatic rings. The number of nitrogens with one attached hydrogen (secondary N) is 1. The predicted molar refractivity (Wildman–Crippen MR) is 109 cm³/mol. The molecule has 1 heterocycles. The van der Waals surface area contributed by atoms with Crippen LogP contribution in [0.3, 0.4) is 0 Å². The first kappa shape index (κ1) is 19.2. The Kier molecular flexibility index (Phi) is 6.68. The van der Waals surface area contributed by atoms with Crippen LogP contribution in [0.25, 0.3) is 0 Å². The van der Waals surface area contributed by atoms with Gasteiger partial charge in [0.15, 0.2) is 5.16 Å². The highest BCUT2D eigenvalue weighted by molar-refractivity contribution is 7.99. The van der Waals surface area contributed by atoms with Crippen LogP contribution >= 0.6 is 11.8 Å². The van der Waals surface area contributed by atoms with E-state index in [1.54, 1.807) is 0 Å². The van der Waals surface area contributed by atoms with Gasteiger partial charge in [-0.05, 0) is 29.7 Å². The first-order chi connectivity index (χ1) is 13.2. The number of carbonyl (C=O) groups excluding carboxylic acids is 1. The van der Waals surface area contributed by atoms with Gasteiger partial charge in [-0.3, -0.25) is 4.79 Å². The number of rotatable bonds is 8. The Morgan fingerprint density at radius 1 is 1.11 bits per heavy atom. The van der Waals surface area contributed by atoms with Gasteiger partial charge in [0.25, 0.3) is 0 Å². The molecule has 0 radical (unpaired) electrons. The molecule has 1 aromatic heterocycles. The lowest BCUT2D eigenvalue weighted by molar-refractivity contribution is -0.113. The Hall–Kier alpha value is -2.57. The molecule has 0 aliphatic carbocycles. The van der Waals surface area contributed by atoms with Crippen LogP contribution in [0.15, 0.2) is 66.0 Å². The van der Waals surface area contributed by atoms with Crippen LogP contribution in [-0.4, -0.2) is 26.3 Å². The summed E-state index contributed by atoms with van der Waals surface area (Å²) in [5, 5.41) is 13.0. The molecule has 2 aromatic carbocycles. The first-order valence-corrected chi connectivity index (χ1v) is 9.89. The number of aromatic nitrogens is 2. The minimum Gasteiger partial charge on any atom is -0.390 e. The lowest BCUT2D eigenvalue weighted by atomic mass is 10.1. The van der Waals surface area contributed by atoms with Gasteiger partial charge < -0.3 is 15.0 Å². The highest BCUT2D eigenvalue weighted by Crippen LogP contribution is 2.20. The van der Waals surface area contributed by atoms with Crippen LogP contribution in [0.1, 0.15) is 23.7 Å². The largest absolute Gasteiger partial charge is 0.390 e. The summed E-state index contributed by atoms with van der Waals surface area (Å²) in [7, 11) is 0. The highest BCUT2D eigenvalue weighted by atomic mass is 32.2. The number of anilines is 1. The van der Waals surface area contributed by atoms with Crippen molar-refractivity contribution in [3.8, 4) is 0 Å². The van der Waals surface area contributed by atoms with Gasteiger partial charge in [-0.25, -0.2) is 4.98 Å². The van der Waals surface area contributed by atoms with Gasteiger partial charge in [-0.15, -0.1) is 0 Å². The van der Waals surface area contributed by atoms with Crippen molar-refractivity contribution in [1.82, 2.24) is 9.55 Å². The number of amides is 1. The van der Waals surface area contributed by atoms with E-state index in [1.165, 1.54) is 17.3 Å². The fourth-order valence-electron chi connectivity index (χ4n) is 2.69. The molecule has 2 N–H and O–H groups in total. The molecular formula is C21H23N3O2S. The molecule has 0 aliphatic heterocycles. The molecule has 27 heavy (non-hydrogen) atoms. The maximum Gasteiger partial charge on any atom is 0.234 e. The van der Waals surface area contributed by atoms with Crippen molar-refractivity contribution in [1.29, 1.82) is 0 Å². The summed E-state index contributed by atoms with van der Waals surface area (Å²) in [5.74, 6) is 0.177. The number of aliphatic hydroxyl groups is 1. The van der Waals surface area contributed by atoms with Crippen LogP contribution in [0, 0.1) is 0 Å². The summed E-state index contributed by atoms with van der Waals surface area (Å²) < 4.78 is 1.97. The van der Waals surface area contributed by atoms with E-state index in [2.05, 4.69) is 17.2 Å². The molecule has 0 fully saturated rings. The number of imidazole rings is 1. The molecule has 0 unspecified atom stereocenters. The summed E-state index contributed by atoms with van der Waals surface area (Å²) in [6.07, 6.45) is 2.80. The number of aryl methyl sites for hydroxylation is 1. The van der Waals surface area contributed by atoms with Crippen LogP contribution in [0.2, 0.25) is 0 Å². The quantitative estimate of drug-likeness (QED) is 0.584. The van der Waals surface area contributed by atoms with E-state index >= 15 is 0 Å². The summed E-state index contributed by atoms with van der Waals surface area (Å²) in [5.41, 5.74) is 3.77. The Morgan fingerprint density at radius 2 is 1.85 bits per heavy atom. The second-order valence-corrected chi connectivity index (χ2v) is 7.12. The zero-order chi connectivity index (χ0) is 19.1. The zero-order valence-electron chi connectivity index (χ0n) is 15.3. The third-order valence-corrected chi connectivity index (χ3v) is 5.12. The van der Waals surface area contributed by atoms with Crippen LogP contribution < -0.4 is 5.32 Å². The van der Waals surface area contributed by atoms with E-state index in [0.29, 0.717) is 12.2 Å². The molecule has 6 heteroatoms. The molecule has 0 atom stereocenters. The second-order valence-electron chi connectivity index (χ2n) is 6.17. The summed E-state index contributed by atoms with van der Waals surface area (Å²) in [6, 6.07) is 17.9. The lowest BCUT2D eigenvalue weighted by Crippen LogP contribution is -2.14. The third kappa shape index (κ3) is 5.45. The SMILES string of the molecule is CCc1ccc(NC(=O)CSc2nc(CO)cn2Cc2ccccc2)cc1. The van der Waals surface area contributed by atoms with Gasteiger partial charge in [0, 0.05) is 18.4 Å². The van der Waals surface area contributed by atoms with Crippen molar-refractivity contribution in [2.45, 2.75) is 31.7 Å². The molecular weight excluding hydrogens is 358 g/mol. The fraction of sp³-hybridized carbons (Fsp3) is 0.238. The maximum atomic E-state index is 12.3. The Labute approximate surface area is 163 Å². The van der Waals surface area contributed by atoms with Crippen molar-refractivity contribution in [3.63, 3.8) is 0 Å². The lowest BCUT2D eigenvalue weighted by Gasteiger charge is -2.08. The van der Waals surface area contributed by atoms with Crippen LogP contribution in [0.4, 0.5) is 5.69 Å². The fourth-order valence-corrected chi connectivity index (χ4v) is 3.48. The third-order valence-electron chi connectivity index (χ3n) is 4.13. The van der Waals surface area contributed by atoms with E-state index in [9.17, 15) is 9.90 Å².